The van der Waals surface area contributed by atoms with Gasteiger partial charge >= 0.3 is 11.9 Å². The van der Waals surface area contributed by atoms with Crippen molar-refractivity contribution < 1.29 is 27.6 Å². The molecule has 13 heteroatoms. The molecule has 1 amide bonds. The molecule has 0 saturated heterocycles. The van der Waals surface area contributed by atoms with Gasteiger partial charge in [-0.15, -0.1) is 0 Å². The smallest absolute Gasteiger partial charge is 0.350 e. The lowest BCUT2D eigenvalue weighted by Gasteiger charge is -2.56. The first-order valence-corrected chi connectivity index (χ1v) is 10.8. The first kappa shape index (κ1) is 21.9. The second-order valence-electron chi connectivity index (χ2n) is 9.52. The number of nitrogens with zero attached hydrogens (tertiary/aromatic N) is 5. The second-order valence-corrected chi connectivity index (χ2v) is 9.52. The number of amides is 1. The van der Waals surface area contributed by atoms with E-state index in [9.17, 15) is 28.1 Å². The number of carbonyl (C=O) groups excluding carboxylic acids is 1. The van der Waals surface area contributed by atoms with Gasteiger partial charge in [0.2, 0.25) is 5.69 Å². The highest BCUT2D eigenvalue weighted by atomic mass is 19.4. The molecule has 0 spiro atoms. The number of carbonyl (C=O) groups is 1. The van der Waals surface area contributed by atoms with E-state index in [4.69, 9.17) is 0 Å². The molecular formula is C20H23F3N6O4. The van der Waals surface area contributed by atoms with Crippen LogP contribution in [0.15, 0.2) is 18.6 Å². The zero-order valence-electron chi connectivity index (χ0n) is 17.6. The third-order valence-corrected chi connectivity index (χ3v) is 6.98. The summed E-state index contributed by atoms with van der Waals surface area (Å²) in [5.74, 6) is 1.02. The number of hydrogen-bond donors (Lipinski definition) is 1. The Morgan fingerprint density at radius 2 is 1.85 bits per heavy atom. The van der Waals surface area contributed by atoms with Crippen LogP contribution < -0.4 is 5.32 Å². The summed E-state index contributed by atoms with van der Waals surface area (Å²) >= 11 is 0. The maximum Gasteiger partial charge on any atom is 0.411 e. The van der Waals surface area contributed by atoms with Crippen LogP contribution in [0.5, 0.6) is 0 Å². The molecule has 4 aliphatic rings. The molecule has 0 radical (unpaired) electrons. The fourth-order valence-electron chi connectivity index (χ4n) is 6.19. The molecule has 6 rings (SSSR count). The Balaban J connectivity index is 1.32. The van der Waals surface area contributed by atoms with Gasteiger partial charge in [-0.3, -0.25) is 19.6 Å². The van der Waals surface area contributed by atoms with Crippen molar-refractivity contribution in [3.63, 3.8) is 0 Å². The van der Waals surface area contributed by atoms with E-state index in [2.05, 4.69) is 20.3 Å². The zero-order valence-corrected chi connectivity index (χ0v) is 17.6. The number of nitrogens with one attached hydrogen (secondary N) is 1. The highest BCUT2D eigenvalue weighted by Gasteiger charge is 2.53. The third-order valence-electron chi connectivity index (χ3n) is 6.98. The van der Waals surface area contributed by atoms with Crippen LogP contribution in [0.4, 0.5) is 24.5 Å². The quantitative estimate of drug-likeness (QED) is 0.489. The SMILES string of the molecule is O=C(Nc1cnn(COCC(F)(F)F)c1)c1nn(C23CC4CC(CC(C4)C2)C3)cc1[N+](=O)[O-]. The molecule has 10 nitrogen and oxygen atoms in total. The molecule has 4 bridgehead atoms. The monoisotopic (exact) mass is 468 g/mol. The van der Waals surface area contributed by atoms with E-state index in [1.165, 1.54) is 37.9 Å². The fraction of sp³-hybridized carbons (Fsp3) is 0.650. The molecule has 178 valence electrons. The minimum absolute atomic E-state index is 0.161. The minimum Gasteiger partial charge on any atom is -0.350 e. The Kier molecular flexibility index (Phi) is 5.18. The maximum atomic E-state index is 12.8. The lowest BCUT2D eigenvalue weighted by molar-refractivity contribution is -0.385. The van der Waals surface area contributed by atoms with E-state index in [1.54, 1.807) is 4.68 Å². The van der Waals surface area contributed by atoms with Crippen molar-refractivity contribution in [1.29, 1.82) is 0 Å². The summed E-state index contributed by atoms with van der Waals surface area (Å²) in [6.07, 6.45) is 5.77. The van der Waals surface area contributed by atoms with Crippen LogP contribution in [0.3, 0.4) is 0 Å². The van der Waals surface area contributed by atoms with Crippen molar-refractivity contribution in [2.75, 3.05) is 11.9 Å². The number of rotatable bonds is 7. The maximum absolute atomic E-state index is 12.8. The Bertz CT molecular complexity index is 1040. The summed E-state index contributed by atoms with van der Waals surface area (Å²) in [4.78, 5) is 23.9. The van der Waals surface area contributed by atoms with Gasteiger partial charge in [-0.1, -0.05) is 0 Å². The highest BCUT2D eigenvalue weighted by molar-refractivity contribution is 6.05. The molecule has 33 heavy (non-hydrogen) atoms. The third kappa shape index (κ3) is 4.33. The number of nitro groups is 1. The Morgan fingerprint density at radius 1 is 1.21 bits per heavy atom. The van der Waals surface area contributed by atoms with Gasteiger partial charge in [0.05, 0.1) is 28.5 Å². The van der Waals surface area contributed by atoms with E-state index < -0.39 is 30.3 Å². The van der Waals surface area contributed by atoms with Crippen LogP contribution in [0.1, 0.15) is 49.0 Å². The Labute approximate surface area is 186 Å². The van der Waals surface area contributed by atoms with Gasteiger partial charge in [-0.25, -0.2) is 4.68 Å². The van der Waals surface area contributed by atoms with Crippen LogP contribution in [-0.2, 0) is 17.0 Å². The van der Waals surface area contributed by atoms with Crippen molar-refractivity contribution in [2.24, 2.45) is 17.8 Å². The number of hydrogen-bond acceptors (Lipinski definition) is 6. The van der Waals surface area contributed by atoms with E-state index in [1.807, 2.05) is 0 Å². The van der Waals surface area contributed by atoms with Gasteiger partial charge in [0.15, 0.2) is 0 Å². The van der Waals surface area contributed by atoms with E-state index in [0.717, 1.165) is 23.9 Å². The Morgan fingerprint density at radius 3 is 2.42 bits per heavy atom. The molecule has 4 fully saturated rings. The van der Waals surface area contributed by atoms with Crippen molar-refractivity contribution in [1.82, 2.24) is 19.6 Å². The van der Waals surface area contributed by atoms with Crippen LogP contribution in [0.2, 0.25) is 0 Å². The summed E-state index contributed by atoms with van der Waals surface area (Å²) in [5.41, 5.74) is -0.783. The average molecular weight is 468 g/mol. The van der Waals surface area contributed by atoms with Gasteiger partial charge < -0.3 is 10.1 Å². The predicted molar refractivity (Wildman–Crippen MR) is 107 cm³/mol. The molecule has 4 saturated carbocycles. The highest BCUT2D eigenvalue weighted by Crippen LogP contribution is 2.58. The molecule has 0 unspecified atom stereocenters. The fourth-order valence-corrected chi connectivity index (χ4v) is 6.19. The topological polar surface area (TPSA) is 117 Å². The minimum atomic E-state index is -4.46. The molecule has 0 atom stereocenters. The molecule has 0 aromatic carbocycles. The lowest BCUT2D eigenvalue weighted by atomic mass is 9.53. The van der Waals surface area contributed by atoms with Gasteiger partial charge in [0, 0.05) is 0 Å². The Hall–Kier alpha value is -2.96. The summed E-state index contributed by atoms with van der Waals surface area (Å²) < 4.78 is 43.8. The lowest BCUT2D eigenvalue weighted by Crippen LogP contribution is -2.52. The first-order valence-electron chi connectivity index (χ1n) is 10.8. The van der Waals surface area contributed by atoms with Crippen LogP contribution >= 0.6 is 0 Å². The van der Waals surface area contributed by atoms with Crippen molar-refractivity contribution >= 4 is 17.3 Å². The summed E-state index contributed by atoms with van der Waals surface area (Å²) in [6.45, 7) is -1.89. The van der Waals surface area contributed by atoms with Crippen LogP contribution in [0, 0.1) is 27.9 Å². The van der Waals surface area contributed by atoms with Gasteiger partial charge in [-0.2, -0.15) is 23.4 Å². The van der Waals surface area contributed by atoms with Crippen LogP contribution in [-0.4, -0.2) is 43.2 Å². The van der Waals surface area contributed by atoms with Crippen molar-refractivity contribution in [3.05, 3.63) is 34.4 Å². The number of aromatic nitrogens is 4. The largest absolute Gasteiger partial charge is 0.411 e. The van der Waals surface area contributed by atoms with E-state index in [-0.39, 0.29) is 22.6 Å². The summed E-state index contributed by atoms with van der Waals surface area (Å²) in [7, 11) is 0. The molecule has 2 aromatic rings. The molecule has 2 aromatic heterocycles. The molecule has 2 heterocycles. The molecule has 4 aliphatic carbocycles. The number of halogens is 3. The van der Waals surface area contributed by atoms with Gasteiger partial charge in [0.25, 0.3) is 5.91 Å². The number of anilines is 1. The molecular weight excluding hydrogens is 445 g/mol. The number of alkyl halides is 3. The second kappa shape index (κ2) is 7.82. The average Bonchev–Trinajstić information content (AvgIpc) is 3.33. The molecule has 0 aliphatic heterocycles. The normalized spacial score (nSPS) is 28.3. The summed E-state index contributed by atoms with van der Waals surface area (Å²) in [6, 6.07) is 0. The first-order chi connectivity index (χ1) is 15.6. The van der Waals surface area contributed by atoms with Gasteiger partial charge in [-0.05, 0) is 56.3 Å². The standard InChI is InChI=1S/C20H23F3N6O4/c21-20(22,23)10-33-11-27-8-15(7-24-27)25-18(30)17-16(29(31)32)9-28(26-17)19-4-12-1-13(5-19)3-14(2-12)6-19/h7-9,12-14H,1-6,10-11H2,(H,25,30). The van der Waals surface area contributed by atoms with Crippen molar-refractivity contribution in [2.45, 2.75) is 57.0 Å². The zero-order chi connectivity index (χ0) is 23.4. The molecule has 1 N–H and O–H groups in total. The van der Waals surface area contributed by atoms with Crippen LogP contribution in [0.25, 0.3) is 0 Å². The van der Waals surface area contributed by atoms with E-state index in [0.29, 0.717) is 17.8 Å². The van der Waals surface area contributed by atoms with Crippen molar-refractivity contribution in [3.8, 4) is 0 Å². The van der Waals surface area contributed by atoms with Gasteiger partial charge in [0.1, 0.15) is 19.5 Å². The summed E-state index contributed by atoms with van der Waals surface area (Å²) in [5, 5.41) is 22.4. The number of ether oxygens (including phenoxy) is 1. The van der Waals surface area contributed by atoms with E-state index >= 15 is 0 Å². The predicted octanol–water partition coefficient (Wildman–Crippen LogP) is 3.70.